The fourth-order valence-corrected chi connectivity index (χ4v) is 4.68. The van der Waals surface area contributed by atoms with E-state index in [2.05, 4.69) is 29.4 Å². The van der Waals surface area contributed by atoms with Crippen molar-refractivity contribution in [2.24, 2.45) is 5.92 Å². The highest BCUT2D eigenvalue weighted by molar-refractivity contribution is 6.02. The van der Waals surface area contributed by atoms with Crippen LogP contribution in [0.4, 0.5) is 26.2 Å². The number of amides is 2. The van der Waals surface area contributed by atoms with Crippen molar-refractivity contribution in [1.29, 1.82) is 0 Å². The van der Waals surface area contributed by atoms with Crippen molar-refractivity contribution in [2.45, 2.75) is 58.9 Å². The minimum atomic E-state index is -0.943. The van der Waals surface area contributed by atoms with Crippen LogP contribution in [-0.4, -0.2) is 63.7 Å². The quantitative estimate of drug-likeness (QED) is 0.277. The number of halogens is 1. The Morgan fingerprint density at radius 3 is 2.33 bits per heavy atom. The van der Waals surface area contributed by atoms with E-state index < -0.39 is 23.7 Å². The van der Waals surface area contributed by atoms with Crippen LogP contribution in [0.5, 0.6) is 5.75 Å². The lowest BCUT2D eigenvalue weighted by Crippen LogP contribution is -2.42. The normalized spacial score (nSPS) is 14.1. The summed E-state index contributed by atoms with van der Waals surface area (Å²) in [6, 6.07) is 9.37. The van der Waals surface area contributed by atoms with Gasteiger partial charge in [0.25, 0.3) is 0 Å². The molecule has 2 aromatic carbocycles. The largest absolute Gasteiger partial charge is 0.497 e. The molecule has 2 aromatic rings. The Morgan fingerprint density at radius 2 is 1.75 bits per heavy atom. The molecule has 1 atom stereocenters. The summed E-state index contributed by atoms with van der Waals surface area (Å²) in [5.74, 6) is -1.29. The molecule has 0 saturated carbocycles. The van der Waals surface area contributed by atoms with E-state index in [0.29, 0.717) is 30.6 Å². The van der Waals surface area contributed by atoms with Crippen molar-refractivity contribution in [3.05, 3.63) is 47.8 Å². The van der Waals surface area contributed by atoms with Gasteiger partial charge in [-0.1, -0.05) is 33.8 Å². The van der Waals surface area contributed by atoms with Gasteiger partial charge in [-0.05, 0) is 48.6 Å². The van der Waals surface area contributed by atoms with Crippen molar-refractivity contribution in [2.75, 3.05) is 56.1 Å². The SMILES string of the molecule is CC.COCC(CC(=O)O)c1ccc(N(CC(C)C)C2CCOCC2)c(NC(=O)Nc2ccc(OC)cc2F)c1. The minimum absolute atomic E-state index is 0.00704. The van der Waals surface area contributed by atoms with E-state index >= 15 is 0 Å². The predicted molar refractivity (Wildman–Crippen MR) is 156 cm³/mol. The third kappa shape index (κ3) is 9.67. The van der Waals surface area contributed by atoms with Crippen molar-refractivity contribution >= 4 is 29.1 Å². The molecule has 0 radical (unpaired) electrons. The standard InChI is InChI=1S/C28H38FN3O6.C2H6/c1-18(2)16-32(21-9-11-38-12-10-21)26-8-5-19(20(17-36-3)14-27(33)34)13-25(26)31-28(35)30-24-7-6-22(37-4)15-23(24)29;1-2/h5-8,13,15,18,20-21H,9-12,14,16-17H2,1-4H3,(H,33,34)(H2,30,31,35);1-2H3. The number of methoxy groups -OCH3 is 2. The molecule has 0 spiro atoms. The van der Waals surface area contributed by atoms with Crippen LogP contribution in [0.1, 0.15) is 58.4 Å². The number of hydrogen-bond acceptors (Lipinski definition) is 6. The molecule has 9 nitrogen and oxygen atoms in total. The number of rotatable bonds is 12. The third-order valence-corrected chi connectivity index (χ3v) is 6.46. The van der Waals surface area contributed by atoms with Crippen molar-refractivity contribution in [3.63, 3.8) is 0 Å². The van der Waals surface area contributed by atoms with E-state index in [1.54, 1.807) is 12.1 Å². The molecular weight excluding hydrogens is 517 g/mol. The predicted octanol–water partition coefficient (Wildman–Crippen LogP) is 6.35. The van der Waals surface area contributed by atoms with Gasteiger partial charge in [0.15, 0.2) is 0 Å². The van der Waals surface area contributed by atoms with Gasteiger partial charge in [0.1, 0.15) is 11.6 Å². The zero-order chi connectivity index (χ0) is 29.7. The topological polar surface area (TPSA) is 109 Å². The van der Waals surface area contributed by atoms with Crippen molar-refractivity contribution in [1.82, 2.24) is 0 Å². The highest BCUT2D eigenvalue weighted by atomic mass is 19.1. The summed E-state index contributed by atoms with van der Waals surface area (Å²) in [5.41, 5.74) is 2.05. The second kappa shape index (κ2) is 16.7. The molecule has 1 heterocycles. The van der Waals surface area contributed by atoms with Gasteiger partial charge >= 0.3 is 12.0 Å². The first-order chi connectivity index (χ1) is 19.2. The number of hydrogen-bond donors (Lipinski definition) is 3. The first-order valence-electron chi connectivity index (χ1n) is 13.8. The molecule has 1 aliphatic heterocycles. The van der Waals surface area contributed by atoms with Crippen LogP contribution in [0.15, 0.2) is 36.4 Å². The van der Waals surface area contributed by atoms with Crippen molar-refractivity contribution < 1.29 is 33.3 Å². The molecule has 1 aliphatic rings. The lowest BCUT2D eigenvalue weighted by Gasteiger charge is -2.38. The molecule has 3 N–H and O–H groups in total. The number of ether oxygens (including phenoxy) is 3. The zero-order valence-corrected chi connectivity index (χ0v) is 24.5. The number of aliphatic carboxylic acids is 1. The number of nitrogens with one attached hydrogen (secondary N) is 2. The van der Waals surface area contributed by atoms with Crippen LogP contribution in [-0.2, 0) is 14.3 Å². The van der Waals surface area contributed by atoms with E-state index in [0.717, 1.165) is 30.6 Å². The highest BCUT2D eigenvalue weighted by Crippen LogP contribution is 2.35. The Bertz CT molecular complexity index is 1090. The Kier molecular flexibility index (Phi) is 13.7. The number of carbonyl (C=O) groups excluding carboxylic acids is 1. The van der Waals surface area contributed by atoms with E-state index in [-0.39, 0.29) is 24.8 Å². The van der Waals surface area contributed by atoms with Gasteiger partial charge in [-0.2, -0.15) is 0 Å². The summed E-state index contributed by atoms with van der Waals surface area (Å²) in [6.07, 6.45) is 1.58. The number of carbonyl (C=O) groups is 2. The van der Waals surface area contributed by atoms with Crippen LogP contribution in [0.3, 0.4) is 0 Å². The number of benzene rings is 2. The highest BCUT2D eigenvalue weighted by Gasteiger charge is 2.26. The molecule has 0 aromatic heterocycles. The number of carboxylic acids is 1. The Labute approximate surface area is 237 Å². The summed E-state index contributed by atoms with van der Waals surface area (Å²) in [7, 11) is 2.96. The van der Waals surface area contributed by atoms with E-state index in [4.69, 9.17) is 14.2 Å². The molecule has 10 heteroatoms. The number of urea groups is 1. The summed E-state index contributed by atoms with van der Waals surface area (Å²) in [4.78, 5) is 26.9. The van der Waals surface area contributed by atoms with Gasteiger partial charge in [-0.15, -0.1) is 0 Å². The lowest BCUT2D eigenvalue weighted by molar-refractivity contribution is -0.137. The van der Waals surface area contributed by atoms with E-state index in [1.165, 1.54) is 26.4 Å². The molecular formula is C30H44FN3O6. The van der Waals surface area contributed by atoms with Crippen LogP contribution in [0.25, 0.3) is 0 Å². The molecule has 1 fully saturated rings. The van der Waals surface area contributed by atoms with Gasteiger partial charge in [0.05, 0.1) is 37.2 Å². The number of nitrogens with zero attached hydrogens (tertiary/aromatic N) is 1. The molecule has 222 valence electrons. The Hall–Kier alpha value is -3.37. The minimum Gasteiger partial charge on any atom is -0.497 e. The maximum atomic E-state index is 14.5. The monoisotopic (exact) mass is 561 g/mol. The molecule has 0 aliphatic carbocycles. The second-order valence-electron chi connectivity index (χ2n) is 9.84. The first kappa shape index (κ1) is 32.8. The van der Waals surface area contributed by atoms with Crippen molar-refractivity contribution in [3.8, 4) is 5.75 Å². The smallest absolute Gasteiger partial charge is 0.323 e. The van der Waals surface area contributed by atoms with Gasteiger partial charge < -0.3 is 34.9 Å². The number of carboxylic acid groups (broad SMARTS) is 1. The van der Waals surface area contributed by atoms with Crippen LogP contribution in [0, 0.1) is 11.7 Å². The molecule has 1 saturated heterocycles. The average Bonchev–Trinajstić information content (AvgIpc) is 2.94. The molecule has 40 heavy (non-hydrogen) atoms. The summed E-state index contributed by atoms with van der Waals surface area (Å²) in [6.45, 7) is 10.6. The third-order valence-electron chi connectivity index (χ3n) is 6.46. The second-order valence-corrected chi connectivity index (χ2v) is 9.84. The van der Waals surface area contributed by atoms with Gasteiger partial charge in [0, 0.05) is 44.9 Å². The van der Waals surface area contributed by atoms with Crippen LogP contribution >= 0.6 is 0 Å². The van der Waals surface area contributed by atoms with E-state index in [1.807, 2.05) is 26.0 Å². The Balaban J connectivity index is 0.00000274. The molecule has 2 amide bonds. The number of anilines is 3. The van der Waals surface area contributed by atoms with Crippen LogP contribution in [0.2, 0.25) is 0 Å². The van der Waals surface area contributed by atoms with Gasteiger partial charge in [-0.3, -0.25) is 4.79 Å². The fraction of sp³-hybridized carbons (Fsp3) is 0.533. The molecule has 3 rings (SSSR count). The Morgan fingerprint density at radius 1 is 1.07 bits per heavy atom. The summed E-state index contributed by atoms with van der Waals surface area (Å²) in [5, 5.41) is 14.9. The molecule has 1 unspecified atom stereocenters. The van der Waals surface area contributed by atoms with Gasteiger partial charge in [0.2, 0.25) is 0 Å². The van der Waals surface area contributed by atoms with E-state index in [9.17, 15) is 19.1 Å². The summed E-state index contributed by atoms with van der Waals surface area (Å²) < 4.78 is 30.4. The summed E-state index contributed by atoms with van der Waals surface area (Å²) >= 11 is 0. The van der Waals surface area contributed by atoms with Crippen LogP contribution < -0.4 is 20.3 Å². The maximum absolute atomic E-state index is 14.5. The zero-order valence-electron chi connectivity index (χ0n) is 24.5. The maximum Gasteiger partial charge on any atom is 0.323 e. The first-order valence-corrected chi connectivity index (χ1v) is 13.8. The molecule has 0 bridgehead atoms. The fourth-order valence-electron chi connectivity index (χ4n) is 4.68. The van der Waals surface area contributed by atoms with Gasteiger partial charge in [-0.25, -0.2) is 9.18 Å². The lowest BCUT2D eigenvalue weighted by atomic mass is 9.94. The average molecular weight is 562 g/mol.